The average molecular weight is 318 g/mol. The number of halogens is 1. The van der Waals surface area contributed by atoms with E-state index in [0.29, 0.717) is 6.54 Å². The number of likely N-dealkylation sites (tertiary alicyclic amines) is 1. The average Bonchev–Trinajstić information content (AvgIpc) is 2.55. The maximum Gasteiger partial charge on any atom is 0.248 e. The lowest BCUT2D eigenvalue weighted by Gasteiger charge is -2.46. The van der Waals surface area contributed by atoms with Gasteiger partial charge in [0.05, 0.1) is 5.60 Å². The zero-order valence-electron chi connectivity index (χ0n) is 13.5. The van der Waals surface area contributed by atoms with E-state index in [-0.39, 0.29) is 23.9 Å². The second-order valence-electron chi connectivity index (χ2n) is 6.48. The maximum absolute atomic E-state index is 12.9. The van der Waals surface area contributed by atoms with E-state index in [1.807, 2.05) is 13.1 Å². The number of benzene rings is 1. The molecule has 23 heavy (non-hydrogen) atoms. The van der Waals surface area contributed by atoms with Crippen molar-refractivity contribution in [2.24, 2.45) is 0 Å². The monoisotopic (exact) mass is 318 g/mol. The summed E-state index contributed by atoms with van der Waals surface area (Å²) >= 11 is 0. The Bertz CT molecular complexity index is 577. The molecule has 1 aromatic rings. The first-order chi connectivity index (χ1) is 11.1. The summed E-state index contributed by atoms with van der Waals surface area (Å²) in [5, 5.41) is 0. The lowest BCUT2D eigenvalue weighted by molar-refractivity contribution is -0.168. The molecule has 0 aliphatic carbocycles. The molecule has 0 aromatic heterocycles. The van der Waals surface area contributed by atoms with Gasteiger partial charge in [0.25, 0.3) is 0 Å². The number of hydrogen-bond acceptors (Lipinski definition) is 3. The summed E-state index contributed by atoms with van der Waals surface area (Å²) in [6, 6.07) is 6.50. The SMILES string of the molecule is CN1CC2(CCN(C/C=C/c3ccc(F)cc3)CC2)OCC1=O. The number of morpholine rings is 1. The number of likely N-dealkylation sites (N-methyl/N-ethyl adjacent to an activating group) is 1. The summed E-state index contributed by atoms with van der Waals surface area (Å²) in [7, 11) is 1.85. The number of carbonyl (C=O) groups excluding carboxylic acids is 1. The van der Waals surface area contributed by atoms with Crippen molar-refractivity contribution in [3.05, 3.63) is 41.7 Å². The molecule has 1 amide bonds. The molecular weight excluding hydrogens is 295 g/mol. The molecule has 1 spiro atoms. The Hall–Kier alpha value is -1.72. The largest absolute Gasteiger partial charge is 0.363 e. The van der Waals surface area contributed by atoms with E-state index in [2.05, 4.69) is 11.0 Å². The van der Waals surface area contributed by atoms with Crippen LogP contribution in [0.2, 0.25) is 0 Å². The van der Waals surface area contributed by atoms with Crippen LogP contribution in [0.25, 0.3) is 6.08 Å². The Morgan fingerprint density at radius 3 is 2.61 bits per heavy atom. The minimum atomic E-state index is -0.209. The number of ether oxygens (including phenoxy) is 1. The first-order valence-electron chi connectivity index (χ1n) is 8.09. The van der Waals surface area contributed by atoms with Gasteiger partial charge < -0.3 is 9.64 Å². The lowest BCUT2D eigenvalue weighted by Crippen LogP contribution is -2.57. The number of carbonyl (C=O) groups is 1. The van der Waals surface area contributed by atoms with Crippen molar-refractivity contribution in [2.75, 3.05) is 39.8 Å². The number of amides is 1. The summed E-state index contributed by atoms with van der Waals surface area (Å²) in [6.45, 7) is 3.72. The van der Waals surface area contributed by atoms with Crippen LogP contribution < -0.4 is 0 Å². The smallest absolute Gasteiger partial charge is 0.248 e. The second kappa shape index (κ2) is 6.81. The quantitative estimate of drug-likeness (QED) is 0.856. The highest BCUT2D eigenvalue weighted by Gasteiger charge is 2.40. The van der Waals surface area contributed by atoms with Gasteiger partial charge in [-0.25, -0.2) is 4.39 Å². The van der Waals surface area contributed by atoms with Crippen molar-refractivity contribution >= 4 is 12.0 Å². The van der Waals surface area contributed by atoms with Crippen LogP contribution >= 0.6 is 0 Å². The van der Waals surface area contributed by atoms with Crippen LogP contribution in [0.4, 0.5) is 4.39 Å². The normalized spacial score (nSPS) is 22.2. The van der Waals surface area contributed by atoms with Crippen molar-refractivity contribution in [3.8, 4) is 0 Å². The number of rotatable bonds is 3. The fraction of sp³-hybridized carbons (Fsp3) is 0.500. The second-order valence-corrected chi connectivity index (χ2v) is 6.48. The third-order valence-corrected chi connectivity index (χ3v) is 4.76. The van der Waals surface area contributed by atoms with Gasteiger partial charge in [0, 0.05) is 33.2 Å². The summed E-state index contributed by atoms with van der Waals surface area (Å²) in [4.78, 5) is 15.7. The highest BCUT2D eigenvalue weighted by molar-refractivity contribution is 5.78. The van der Waals surface area contributed by atoms with E-state index in [0.717, 1.165) is 38.0 Å². The third kappa shape index (κ3) is 3.98. The summed E-state index contributed by atoms with van der Waals surface area (Å²) in [5.41, 5.74) is 0.857. The Balaban J connectivity index is 1.48. The molecule has 0 radical (unpaired) electrons. The molecule has 4 nitrogen and oxygen atoms in total. The summed E-state index contributed by atoms with van der Waals surface area (Å²) < 4.78 is 18.7. The molecule has 2 fully saturated rings. The molecule has 0 N–H and O–H groups in total. The molecule has 124 valence electrons. The van der Waals surface area contributed by atoms with E-state index >= 15 is 0 Å². The third-order valence-electron chi connectivity index (χ3n) is 4.76. The molecule has 0 bridgehead atoms. The summed E-state index contributed by atoms with van der Waals surface area (Å²) in [5.74, 6) is -0.139. The van der Waals surface area contributed by atoms with E-state index in [9.17, 15) is 9.18 Å². The van der Waals surface area contributed by atoms with E-state index < -0.39 is 0 Å². The molecule has 2 heterocycles. The van der Waals surface area contributed by atoms with Crippen LogP contribution in [0.3, 0.4) is 0 Å². The van der Waals surface area contributed by atoms with Crippen LogP contribution in [0.5, 0.6) is 0 Å². The molecule has 2 aliphatic heterocycles. The maximum atomic E-state index is 12.9. The van der Waals surface area contributed by atoms with Crippen molar-refractivity contribution < 1.29 is 13.9 Å². The minimum absolute atomic E-state index is 0.0697. The molecule has 0 atom stereocenters. The highest BCUT2D eigenvalue weighted by Crippen LogP contribution is 2.29. The summed E-state index contributed by atoms with van der Waals surface area (Å²) in [6.07, 6.45) is 6.04. The van der Waals surface area contributed by atoms with Crippen molar-refractivity contribution in [1.29, 1.82) is 0 Å². The van der Waals surface area contributed by atoms with Crippen LogP contribution in [0, 0.1) is 5.82 Å². The standard InChI is InChI=1S/C18H23FN2O2/c1-20-14-18(23-13-17(20)22)8-11-21(12-9-18)10-2-3-15-4-6-16(19)7-5-15/h2-7H,8-14H2,1H3/b3-2+. The lowest BCUT2D eigenvalue weighted by atomic mass is 9.89. The molecule has 1 aromatic carbocycles. The van der Waals surface area contributed by atoms with Gasteiger partial charge in [0.15, 0.2) is 0 Å². The molecule has 0 saturated carbocycles. The van der Waals surface area contributed by atoms with Gasteiger partial charge >= 0.3 is 0 Å². The van der Waals surface area contributed by atoms with Gasteiger partial charge in [-0.3, -0.25) is 9.69 Å². The molecule has 2 saturated heterocycles. The van der Waals surface area contributed by atoms with Crippen molar-refractivity contribution in [1.82, 2.24) is 9.80 Å². The van der Waals surface area contributed by atoms with Crippen LogP contribution in [-0.2, 0) is 9.53 Å². The van der Waals surface area contributed by atoms with Crippen molar-refractivity contribution in [3.63, 3.8) is 0 Å². The zero-order valence-corrected chi connectivity index (χ0v) is 13.5. The van der Waals surface area contributed by atoms with Gasteiger partial charge in [0.1, 0.15) is 12.4 Å². The van der Waals surface area contributed by atoms with Gasteiger partial charge in [-0.1, -0.05) is 24.3 Å². The first-order valence-corrected chi connectivity index (χ1v) is 8.09. The van der Waals surface area contributed by atoms with Crippen LogP contribution in [-0.4, -0.2) is 61.1 Å². The topological polar surface area (TPSA) is 32.8 Å². The Morgan fingerprint density at radius 2 is 1.96 bits per heavy atom. The van der Waals surface area contributed by atoms with E-state index in [1.54, 1.807) is 17.0 Å². The van der Waals surface area contributed by atoms with Gasteiger partial charge in [0.2, 0.25) is 5.91 Å². The Kier molecular flexibility index (Phi) is 4.78. The molecule has 2 aliphatic rings. The zero-order chi connectivity index (χ0) is 16.3. The number of piperidine rings is 1. The predicted octanol–water partition coefficient (Wildman–Crippen LogP) is 2.16. The molecule has 3 rings (SSSR count). The molecule has 5 heteroatoms. The Labute approximate surface area is 136 Å². The predicted molar refractivity (Wildman–Crippen MR) is 87.4 cm³/mol. The minimum Gasteiger partial charge on any atom is -0.363 e. The number of hydrogen-bond donors (Lipinski definition) is 0. The molecular formula is C18H23FN2O2. The van der Waals surface area contributed by atoms with Gasteiger partial charge in [-0.15, -0.1) is 0 Å². The number of nitrogens with zero attached hydrogens (tertiary/aromatic N) is 2. The van der Waals surface area contributed by atoms with Gasteiger partial charge in [-0.2, -0.15) is 0 Å². The fourth-order valence-corrected chi connectivity index (χ4v) is 3.25. The van der Waals surface area contributed by atoms with E-state index in [1.165, 1.54) is 12.1 Å². The highest BCUT2D eigenvalue weighted by atomic mass is 19.1. The molecule has 0 unspecified atom stereocenters. The van der Waals surface area contributed by atoms with Crippen LogP contribution in [0.1, 0.15) is 18.4 Å². The fourth-order valence-electron chi connectivity index (χ4n) is 3.25. The van der Waals surface area contributed by atoms with Crippen LogP contribution in [0.15, 0.2) is 30.3 Å². The Morgan fingerprint density at radius 1 is 1.26 bits per heavy atom. The first kappa shape index (κ1) is 16.1. The van der Waals surface area contributed by atoms with E-state index in [4.69, 9.17) is 4.74 Å². The van der Waals surface area contributed by atoms with Gasteiger partial charge in [-0.05, 0) is 30.5 Å². The van der Waals surface area contributed by atoms with Crippen molar-refractivity contribution in [2.45, 2.75) is 18.4 Å².